The van der Waals surface area contributed by atoms with Crippen molar-refractivity contribution in [3.8, 4) is 0 Å². The molecule has 2 heteroatoms. The minimum Gasteiger partial charge on any atom is -0.390 e. The van der Waals surface area contributed by atoms with Crippen molar-refractivity contribution in [1.82, 2.24) is 0 Å². The Morgan fingerprint density at radius 2 is 2.27 bits per heavy atom. The monoisotopic (exact) mass is 158 g/mol. The van der Waals surface area contributed by atoms with Gasteiger partial charge in [-0.2, -0.15) is 0 Å². The Morgan fingerprint density at radius 1 is 1.55 bits per heavy atom. The molecule has 1 aliphatic rings. The van der Waals surface area contributed by atoms with Crippen LogP contribution in [0.2, 0.25) is 0 Å². The topological polar surface area (TPSA) is 29.5 Å². The first kappa shape index (κ1) is 9.01. The summed E-state index contributed by atoms with van der Waals surface area (Å²) < 4.78 is 5.06. The second-order valence-corrected chi connectivity index (χ2v) is 3.76. The molecule has 11 heavy (non-hydrogen) atoms. The van der Waals surface area contributed by atoms with Gasteiger partial charge in [0.1, 0.15) is 0 Å². The lowest BCUT2D eigenvalue weighted by molar-refractivity contribution is -0.0591. The summed E-state index contributed by atoms with van der Waals surface area (Å²) in [6.07, 6.45) is 4.44. The first-order valence-electron chi connectivity index (χ1n) is 4.38. The number of hydrogen-bond donors (Lipinski definition) is 1. The van der Waals surface area contributed by atoms with Gasteiger partial charge in [0.2, 0.25) is 0 Å². The van der Waals surface area contributed by atoms with Gasteiger partial charge in [0.15, 0.2) is 0 Å². The summed E-state index contributed by atoms with van der Waals surface area (Å²) >= 11 is 0. The largest absolute Gasteiger partial charge is 0.390 e. The van der Waals surface area contributed by atoms with E-state index in [2.05, 4.69) is 0 Å². The van der Waals surface area contributed by atoms with Crippen LogP contribution in [-0.2, 0) is 4.74 Å². The second-order valence-electron chi connectivity index (χ2n) is 3.76. The predicted molar refractivity (Wildman–Crippen MR) is 44.5 cm³/mol. The third-order valence-electron chi connectivity index (χ3n) is 2.73. The van der Waals surface area contributed by atoms with Crippen LogP contribution in [0.3, 0.4) is 0 Å². The van der Waals surface area contributed by atoms with Crippen molar-refractivity contribution in [3.63, 3.8) is 0 Å². The molecule has 1 N–H and O–H groups in total. The Kier molecular flexibility index (Phi) is 2.90. The van der Waals surface area contributed by atoms with E-state index >= 15 is 0 Å². The molecular formula is C9H18O2. The summed E-state index contributed by atoms with van der Waals surface area (Å²) in [6, 6.07) is 0. The van der Waals surface area contributed by atoms with Crippen LogP contribution in [0.15, 0.2) is 0 Å². The van der Waals surface area contributed by atoms with Crippen molar-refractivity contribution in [1.29, 1.82) is 0 Å². The lowest BCUT2D eigenvalue weighted by Crippen LogP contribution is -2.39. The molecule has 2 atom stereocenters. The Morgan fingerprint density at radius 3 is 2.82 bits per heavy atom. The zero-order valence-electron chi connectivity index (χ0n) is 7.47. The minimum absolute atomic E-state index is 0.348. The van der Waals surface area contributed by atoms with Gasteiger partial charge in [0, 0.05) is 13.0 Å². The van der Waals surface area contributed by atoms with Crippen LogP contribution < -0.4 is 0 Å². The molecule has 1 fully saturated rings. The number of hydrogen-bond acceptors (Lipinski definition) is 2. The van der Waals surface area contributed by atoms with Crippen molar-refractivity contribution < 1.29 is 9.84 Å². The highest BCUT2D eigenvalue weighted by molar-refractivity contribution is 4.85. The fraction of sp³-hybridized carbons (Fsp3) is 1.00. The lowest BCUT2D eigenvalue weighted by Gasteiger charge is -2.36. The molecule has 0 aromatic rings. The van der Waals surface area contributed by atoms with Gasteiger partial charge in [-0.3, -0.25) is 0 Å². The highest BCUT2D eigenvalue weighted by Crippen LogP contribution is 2.33. The van der Waals surface area contributed by atoms with Gasteiger partial charge >= 0.3 is 0 Å². The van der Waals surface area contributed by atoms with Gasteiger partial charge in [-0.05, 0) is 19.8 Å². The van der Waals surface area contributed by atoms with Crippen LogP contribution in [0.4, 0.5) is 0 Å². The van der Waals surface area contributed by atoms with E-state index in [1.807, 2.05) is 6.92 Å². The molecule has 0 unspecified atom stereocenters. The molecule has 0 aromatic heterocycles. The molecule has 0 bridgehead atoms. The standard InChI is InChI=1S/C9H18O2/c1-9(10)6-4-3-5-8(9)7-11-2/h8,10H,3-7H2,1-2H3/t8-,9+/m0/s1. The van der Waals surface area contributed by atoms with Gasteiger partial charge < -0.3 is 9.84 Å². The second kappa shape index (κ2) is 3.55. The molecular weight excluding hydrogens is 140 g/mol. The smallest absolute Gasteiger partial charge is 0.0669 e. The average Bonchev–Trinajstić information content (AvgIpc) is 1.94. The quantitative estimate of drug-likeness (QED) is 0.661. The SMILES string of the molecule is COC[C@@H]1CCCC[C@@]1(C)O. The average molecular weight is 158 g/mol. The summed E-state index contributed by atoms with van der Waals surface area (Å²) in [7, 11) is 1.70. The van der Waals surface area contributed by atoms with Gasteiger partial charge in [-0.15, -0.1) is 0 Å². The van der Waals surface area contributed by atoms with Crippen LogP contribution in [0.1, 0.15) is 32.6 Å². The third-order valence-corrected chi connectivity index (χ3v) is 2.73. The van der Waals surface area contributed by atoms with Crippen LogP contribution in [-0.4, -0.2) is 24.4 Å². The summed E-state index contributed by atoms with van der Waals surface area (Å²) in [6.45, 7) is 2.63. The predicted octanol–water partition coefficient (Wildman–Crippen LogP) is 1.57. The zero-order valence-corrected chi connectivity index (χ0v) is 7.47. The minimum atomic E-state index is -0.478. The van der Waals surface area contributed by atoms with E-state index in [4.69, 9.17) is 4.74 Å². The zero-order chi connectivity index (χ0) is 8.32. The molecule has 1 aliphatic carbocycles. The number of rotatable bonds is 2. The van der Waals surface area contributed by atoms with Crippen molar-refractivity contribution in [2.24, 2.45) is 5.92 Å². The maximum absolute atomic E-state index is 9.89. The summed E-state index contributed by atoms with van der Waals surface area (Å²) in [5, 5.41) is 9.89. The Bertz CT molecular complexity index is 119. The highest BCUT2D eigenvalue weighted by atomic mass is 16.5. The molecule has 0 saturated heterocycles. The summed E-state index contributed by atoms with van der Waals surface area (Å²) in [4.78, 5) is 0. The van der Waals surface area contributed by atoms with Crippen LogP contribution in [0.25, 0.3) is 0 Å². The van der Waals surface area contributed by atoms with E-state index in [0.717, 1.165) is 19.3 Å². The van der Waals surface area contributed by atoms with E-state index < -0.39 is 5.60 Å². The lowest BCUT2D eigenvalue weighted by atomic mass is 9.77. The first-order chi connectivity index (χ1) is 5.17. The van der Waals surface area contributed by atoms with Crippen LogP contribution >= 0.6 is 0 Å². The van der Waals surface area contributed by atoms with Crippen LogP contribution in [0.5, 0.6) is 0 Å². The maximum atomic E-state index is 9.89. The van der Waals surface area contributed by atoms with Gasteiger partial charge in [-0.1, -0.05) is 12.8 Å². The van der Waals surface area contributed by atoms with E-state index in [1.165, 1.54) is 6.42 Å². The molecule has 66 valence electrons. The van der Waals surface area contributed by atoms with Gasteiger partial charge in [-0.25, -0.2) is 0 Å². The summed E-state index contributed by atoms with van der Waals surface area (Å²) in [5.74, 6) is 0.348. The summed E-state index contributed by atoms with van der Waals surface area (Å²) in [5.41, 5.74) is -0.478. The molecule has 1 saturated carbocycles. The van der Waals surface area contributed by atoms with E-state index in [-0.39, 0.29) is 0 Å². The van der Waals surface area contributed by atoms with E-state index in [1.54, 1.807) is 7.11 Å². The van der Waals surface area contributed by atoms with Crippen molar-refractivity contribution >= 4 is 0 Å². The number of methoxy groups -OCH3 is 1. The highest BCUT2D eigenvalue weighted by Gasteiger charge is 2.33. The van der Waals surface area contributed by atoms with Crippen molar-refractivity contribution in [3.05, 3.63) is 0 Å². The number of aliphatic hydroxyl groups is 1. The molecule has 0 spiro atoms. The molecule has 0 radical (unpaired) electrons. The van der Waals surface area contributed by atoms with Crippen LogP contribution in [0, 0.1) is 5.92 Å². The normalized spacial score (nSPS) is 39.0. The first-order valence-corrected chi connectivity index (χ1v) is 4.38. The van der Waals surface area contributed by atoms with E-state index in [9.17, 15) is 5.11 Å². The molecule has 0 aromatic carbocycles. The molecule has 0 heterocycles. The van der Waals surface area contributed by atoms with Crippen molar-refractivity contribution in [2.45, 2.75) is 38.2 Å². The molecule has 2 nitrogen and oxygen atoms in total. The Hall–Kier alpha value is -0.0800. The van der Waals surface area contributed by atoms with Gasteiger partial charge in [0.05, 0.1) is 12.2 Å². The number of ether oxygens (including phenoxy) is 1. The third kappa shape index (κ3) is 2.17. The molecule has 0 aliphatic heterocycles. The van der Waals surface area contributed by atoms with Gasteiger partial charge in [0.25, 0.3) is 0 Å². The molecule has 0 amide bonds. The fourth-order valence-corrected chi connectivity index (χ4v) is 1.85. The fourth-order valence-electron chi connectivity index (χ4n) is 1.85. The Balaban J connectivity index is 2.45. The molecule has 1 rings (SSSR count). The maximum Gasteiger partial charge on any atom is 0.0669 e. The Labute approximate surface area is 68.6 Å². The van der Waals surface area contributed by atoms with Crippen molar-refractivity contribution in [2.75, 3.05) is 13.7 Å². The van der Waals surface area contributed by atoms with E-state index in [0.29, 0.717) is 12.5 Å².